The van der Waals surface area contributed by atoms with Crippen LogP contribution in [-0.4, -0.2) is 34.6 Å². The van der Waals surface area contributed by atoms with Crippen molar-refractivity contribution < 1.29 is 9.90 Å². The Balaban J connectivity index is 1.79. The fourth-order valence-electron chi connectivity index (χ4n) is 2.29. The molecule has 0 saturated carbocycles. The number of piperidine rings is 1. The third kappa shape index (κ3) is 3.57. The normalized spacial score (nSPS) is 18.7. The van der Waals surface area contributed by atoms with E-state index in [0.717, 1.165) is 6.42 Å². The molecule has 98 valence electrons. The summed E-state index contributed by atoms with van der Waals surface area (Å²) in [6.45, 7) is 3.21. The largest absolute Gasteiger partial charge is 0.390 e. The van der Waals surface area contributed by atoms with E-state index in [-0.39, 0.29) is 5.91 Å². The number of hydrogen-bond donors (Lipinski definition) is 1. The van der Waals surface area contributed by atoms with Crippen LogP contribution >= 0.6 is 0 Å². The van der Waals surface area contributed by atoms with Crippen molar-refractivity contribution in [2.24, 2.45) is 0 Å². The van der Waals surface area contributed by atoms with Crippen LogP contribution in [0.1, 0.15) is 31.7 Å². The minimum absolute atomic E-state index is 0.203. The molecule has 1 amide bonds. The van der Waals surface area contributed by atoms with Crippen LogP contribution < -0.4 is 0 Å². The molecular formula is C15H21NO2. The number of carbonyl (C=O) groups is 1. The van der Waals surface area contributed by atoms with Gasteiger partial charge in [0.15, 0.2) is 0 Å². The zero-order valence-electron chi connectivity index (χ0n) is 10.9. The highest BCUT2D eigenvalue weighted by Crippen LogP contribution is 2.21. The van der Waals surface area contributed by atoms with Crippen molar-refractivity contribution in [3.8, 4) is 0 Å². The van der Waals surface area contributed by atoms with E-state index in [0.29, 0.717) is 32.4 Å². The molecule has 3 heteroatoms. The first-order valence-electron chi connectivity index (χ1n) is 6.61. The molecule has 1 aromatic carbocycles. The molecule has 18 heavy (non-hydrogen) atoms. The maximum absolute atomic E-state index is 12.0. The summed E-state index contributed by atoms with van der Waals surface area (Å²) in [5.74, 6) is 0.203. The van der Waals surface area contributed by atoms with Gasteiger partial charge in [-0.05, 0) is 31.7 Å². The van der Waals surface area contributed by atoms with Gasteiger partial charge in [-0.15, -0.1) is 0 Å². The van der Waals surface area contributed by atoms with Gasteiger partial charge in [0.2, 0.25) is 5.91 Å². The zero-order valence-corrected chi connectivity index (χ0v) is 10.9. The summed E-state index contributed by atoms with van der Waals surface area (Å²) in [6.07, 6.45) is 2.73. The molecule has 1 N–H and O–H groups in total. The molecule has 1 saturated heterocycles. The summed E-state index contributed by atoms with van der Waals surface area (Å²) in [6, 6.07) is 10.1. The number of rotatable bonds is 3. The lowest BCUT2D eigenvalue weighted by Crippen LogP contribution is -2.45. The Hall–Kier alpha value is -1.35. The van der Waals surface area contributed by atoms with Crippen LogP contribution in [0.3, 0.4) is 0 Å². The maximum atomic E-state index is 12.0. The molecule has 0 atom stereocenters. The summed E-state index contributed by atoms with van der Waals surface area (Å²) in [4.78, 5) is 13.9. The summed E-state index contributed by atoms with van der Waals surface area (Å²) in [5.41, 5.74) is 0.616. The average molecular weight is 247 g/mol. The van der Waals surface area contributed by atoms with Gasteiger partial charge in [-0.25, -0.2) is 0 Å². The van der Waals surface area contributed by atoms with E-state index >= 15 is 0 Å². The standard InChI is InChI=1S/C15H21NO2/c1-15(18)9-11-16(12-10-15)14(17)8-7-13-5-3-2-4-6-13/h2-6,18H,7-12H2,1H3. The average Bonchev–Trinajstić information content (AvgIpc) is 2.37. The second kappa shape index (κ2) is 5.53. The van der Waals surface area contributed by atoms with Crippen LogP contribution in [0.15, 0.2) is 30.3 Å². The van der Waals surface area contributed by atoms with E-state index < -0.39 is 5.60 Å². The molecule has 0 aromatic heterocycles. The lowest BCUT2D eigenvalue weighted by molar-refractivity contribution is -0.134. The highest BCUT2D eigenvalue weighted by Gasteiger charge is 2.29. The Labute approximate surface area is 108 Å². The molecule has 3 nitrogen and oxygen atoms in total. The lowest BCUT2D eigenvalue weighted by atomic mass is 9.93. The number of likely N-dealkylation sites (tertiary alicyclic amines) is 1. The van der Waals surface area contributed by atoms with Crippen molar-refractivity contribution in [1.29, 1.82) is 0 Å². The molecule has 0 radical (unpaired) electrons. The molecule has 0 unspecified atom stereocenters. The third-order valence-corrected chi connectivity index (χ3v) is 3.66. The Morgan fingerprint density at radius 2 is 1.89 bits per heavy atom. The molecule has 0 aliphatic carbocycles. The predicted octanol–water partition coefficient (Wildman–Crippen LogP) is 1.99. The van der Waals surface area contributed by atoms with Crippen LogP contribution in [0.4, 0.5) is 0 Å². The van der Waals surface area contributed by atoms with Gasteiger partial charge < -0.3 is 10.0 Å². The molecule has 1 aromatic rings. The van der Waals surface area contributed by atoms with Crippen LogP contribution in [0, 0.1) is 0 Å². The number of amides is 1. The highest BCUT2D eigenvalue weighted by atomic mass is 16.3. The number of nitrogens with zero attached hydrogens (tertiary/aromatic N) is 1. The van der Waals surface area contributed by atoms with Crippen molar-refractivity contribution in [3.63, 3.8) is 0 Å². The minimum atomic E-state index is -0.587. The number of hydrogen-bond acceptors (Lipinski definition) is 2. The van der Waals surface area contributed by atoms with Gasteiger partial charge in [0.05, 0.1) is 5.60 Å². The quantitative estimate of drug-likeness (QED) is 0.887. The van der Waals surface area contributed by atoms with Crippen molar-refractivity contribution in [2.75, 3.05) is 13.1 Å². The van der Waals surface area contributed by atoms with Gasteiger partial charge in [0.1, 0.15) is 0 Å². The molecule has 1 aliphatic rings. The molecule has 1 heterocycles. The van der Waals surface area contributed by atoms with Crippen molar-refractivity contribution in [3.05, 3.63) is 35.9 Å². The fourth-order valence-corrected chi connectivity index (χ4v) is 2.29. The number of benzene rings is 1. The lowest BCUT2D eigenvalue weighted by Gasteiger charge is -2.35. The monoisotopic (exact) mass is 247 g/mol. The topological polar surface area (TPSA) is 40.5 Å². The first kappa shape index (κ1) is 13.1. The van der Waals surface area contributed by atoms with Gasteiger partial charge in [0, 0.05) is 19.5 Å². The van der Waals surface area contributed by atoms with Crippen LogP contribution in [0.2, 0.25) is 0 Å². The predicted molar refractivity (Wildman–Crippen MR) is 71.2 cm³/mol. The van der Waals surface area contributed by atoms with E-state index in [1.165, 1.54) is 5.56 Å². The van der Waals surface area contributed by atoms with Gasteiger partial charge in [-0.3, -0.25) is 4.79 Å². The molecule has 0 bridgehead atoms. The van der Waals surface area contributed by atoms with Gasteiger partial charge in [-0.1, -0.05) is 30.3 Å². The maximum Gasteiger partial charge on any atom is 0.222 e. The molecular weight excluding hydrogens is 226 g/mol. The number of aliphatic hydroxyl groups is 1. The second-order valence-electron chi connectivity index (χ2n) is 5.36. The van der Waals surface area contributed by atoms with Gasteiger partial charge in [-0.2, -0.15) is 0 Å². The molecule has 2 rings (SSSR count). The van der Waals surface area contributed by atoms with Crippen molar-refractivity contribution in [1.82, 2.24) is 4.90 Å². The van der Waals surface area contributed by atoms with Gasteiger partial charge in [0.25, 0.3) is 0 Å². The van der Waals surface area contributed by atoms with E-state index in [1.807, 2.05) is 42.2 Å². The smallest absolute Gasteiger partial charge is 0.222 e. The number of aryl methyl sites for hydroxylation is 1. The first-order valence-corrected chi connectivity index (χ1v) is 6.61. The molecule has 1 fully saturated rings. The number of carbonyl (C=O) groups excluding carboxylic acids is 1. The van der Waals surface area contributed by atoms with Crippen LogP contribution in [0.25, 0.3) is 0 Å². The van der Waals surface area contributed by atoms with E-state index in [4.69, 9.17) is 0 Å². The van der Waals surface area contributed by atoms with E-state index in [2.05, 4.69) is 0 Å². The Bertz CT molecular complexity index is 390. The summed E-state index contributed by atoms with van der Waals surface area (Å²) >= 11 is 0. The Morgan fingerprint density at radius 1 is 1.28 bits per heavy atom. The second-order valence-corrected chi connectivity index (χ2v) is 5.36. The SMILES string of the molecule is CC1(O)CCN(C(=O)CCc2ccccc2)CC1. The first-order chi connectivity index (χ1) is 8.57. The third-order valence-electron chi connectivity index (χ3n) is 3.66. The summed E-state index contributed by atoms with van der Waals surface area (Å²) in [7, 11) is 0. The van der Waals surface area contributed by atoms with Crippen molar-refractivity contribution >= 4 is 5.91 Å². The highest BCUT2D eigenvalue weighted by molar-refractivity contribution is 5.76. The minimum Gasteiger partial charge on any atom is -0.390 e. The van der Waals surface area contributed by atoms with E-state index in [1.54, 1.807) is 0 Å². The zero-order chi connectivity index (χ0) is 13.0. The summed E-state index contributed by atoms with van der Waals surface area (Å²) < 4.78 is 0. The van der Waals surface area contributed by atoms with Crippen LogP contribution in [-0.2, 0) is 11.2 Å². The molecule has 1 aliphatic heterocycles. The van der Waals surface area contributed by atoms with Crippen molar-refractivity contribution in [2.45, 2.75) is 38.2 Å². The fraction of sp³-hybridized carbons (Fsp3) is 0.533. The van der Waals surface area contributed by atoms with Crippen LogP contribution in [0.5, 0.6) is 0 Å². The Morgan fingerprint density at radius 3 is 2.50 bits per heavy atom. The summed E-state index contributed by atoms with van der Waals surface area (Å²) in [5, 5.41) is 9.84. The van der Waals surface area contributed by atoms with E-state index in [9.17, 15) is 9.90 Å². The molecule has 0 spiro atoms. The Kier molecular flexibility index (Phi) is 4.02. The van der Waals surface area contributed by atoms with Gasteiger partial charge >= 0.3 is 0 Å².